The molecular formula is C19H24N2O2. The Bertz CT molecular complexity index is 612. The first kappa shape index (κ1) is 17.0. The van der Waals surface area contributed by atoms with E-state index in [0.29, 0.717) is 6.54 Å². The zero-order valence-electron chi connectivity index (χ0n) is 13.7. The van der Waals surface area contributed by atoms with Gasteiger partial charge < -0.3 is 15.4 Å². The first-order chi connectivity index (χ1) is 11.1. The van der Waals surface area contributed by atoms with Crippen LogP contribution in [0.5, 0.6) is 5.75 Å². The van der Waals surface area contributed by atoms with Crippen LogP contribution in [0.15, 0.2) is 54.6 Å². The normalized spacial score (nSPS) is 10.6. The third kappa shape index (κ3) is 6.53. The number of carbonyl (C=O) groups is 1. The Kier molecular flexibility index (Phi) is 6.63. The minimum Gasteiger partial charge on any atom is -0.491 e. The molecule has 0 spiro atoms. The molecule has 2 aromatic carbocycles. The van der Waals surface area contributed by atoms with Crippen molar-refractivity contribution in [2.24, 2.45) is 0 Å². The summed E-state index contributed by atoms with van der Waals surface area (Å²) in [7, 11) is 0. The lowest BCUT2D eigenvalue weighted by atomic mass is 10.1. The molecule has 0 saturated carbocycles. The molecule has 0 aromatic heterocycles. The van der Waals surface area contributed by atoms with E-state index in [-0.39, 0.29) is 12.0 Å². The van der Waals surface area contributed by atoms with Gasteiger partial charge in [-0.15, -0.1) is 0 Å². The fourth-order valence-electron chi connectivity index (χ4n) is 2.20. The summed E-state index contributed by atoms with van der Waals surface area (Å²) < 4.78 is 5.62. The zero-order valence-corrected chi connectivity index (χ0v) is 13.7. The maximum atomic E-state index is 11.9. The number of nitrogens with one attached hydrogen (secondary N) is 2. The molecule has 0 aliphatic carbocycles. The monoisotopic (exact) mass is 312 g/mol. The van der Waals surface area contributed by atoms with E-state index in [0.717, 1.165) is 24.4 Å². The molecule has 0 bridgehead atoms. The lowest BCUT2D eigenvalue weighted by Gasteiger charge is -2.11. The minimum atomic E-state index is -0.0558. The summed E-state index contributed by atoms with van der Waals surface area (Å²) in [5, 5.41) is 6.03. The van der Waals surface area contributed by atoms with Crippen LogP contribution in [0.1, 0.15) is 19.4 Å². The summed E-state index contributed by atoms with van der Waals surface area (Å²) in [6.07, 6.45) is 1.02. The molecule has 0 atom stereocenters. The number of hydrogen-bond acceptors (Lipinski definition) is 3. The van der Waals surface area contributed by atoms with Crippen LogP contribution in [0.25, 0.3) is 0 Å². The molecule has 0 radical (unpaired) electrons. The SMILES string of the molecule is CC(C)Oc1cccc(NC(=O)CNCCc2ccccc2)c1. The number of anilines is 1. The quantitative estimate of drug-likeness (QED) is 0.736. The summed E-state index contributed by atoms with van der Waals surface area (Å²) >= 11 is 0. The Hall–Kier alpha value is -2.33. The number of carbonyl (C=O) groups excluding carboxylic acids is 1. The summed E-state index contributed by atoms with van der Waals surface area (Å²) in [4.78, 5) is 11.9. The van der Waals surface area contributed by atoms with Crippen LogP contribution in [-0.2, 0) is 11.2 Å². The lowest BCUT2D eigenvalue weighted by Crippen LogP contribution is -2.29. The standard InChI is InChI=1S/C19H24N2O2/c1-15(2)23-18-10-6-9-17(13-18)21-19(22)14-20-12-11-16-7-4-3-5-8-16/h3-10,13,15,20H,11-12,14H2,1-2H3,(H,21,22). The van der Waals surface area contributed by atoms with Gasteiger partial charge in [0, 0.05) is 11.8 Å². The average Bonchev–Trinajstić information content (AvgIpc) is 2.52. The number of benzene rings is 2. The van der Waals surface area contributed by atoms with Crippen molar-refractivity contribution in [2.75, 3.05) is 18.4 Å². The predicted octanol–water partition coefficient (Wildman–Crippen LogP) is 3.24. The minimum absolute atomic E-state index is 0.0558. The van der Waals surface area contributed by atoms with E-state index in [9.17, 15) is 4.79 Å². The van der Waals surface area contributed by atoms with Crippen LogP contribution in [0.2, 0.25) is 0 Å². The van der Waals surface area contributed by atoms with Gasteiger partial charge in [-0.3, -0.25) is 4.79 Å². The summed E-state index contributed by atoms with van der Waals surface area (Å²) in [6, 6.07) is 17.7. The first-order valence-corrected chi connectivity index (χ1v) is 7.94. The highest BCUT2D eigenvalue weighted by Crippen LogP contribution is 2.18. The van der Waals surface area contributed by atoms with E-state index < -0.39 is 0 Å². The Labute approximate surface area is 137 Å². The highest BCUT2D eigenvalue weighted by atomic mass is 16.5. The van der Waals surface area contributed by atoms with Gasteiger partial charge in [0.15, 0.2) is 0 Å². The van der Waals surface area contributed by atoms with E-state index in [2.05, 4.69) is 22.8 Å². The van der Waals surface area contributed by atoms with Crippen LogP contribution in [0, 0.1) is 0 Å². The number of ether oxygens (including phenoxy) is 1. The number of hydrogen-bond donors (Lipinski definition) is 2. The highest BCUT2D eigenvalue weighted by Gasteiger charge is 2.04. The molecule has 0 heterocycles. The molecule has 122 valence electrons. The Balaban J connectivity index is 1.72. The molecule has 4 heteroatoms. The largest absolute Gasteiger partial charge is 0.491 e. The second-order valence-corrected chi connectivity index (χ2v) is 5.65. The van der Waals surface area contributed by atoms with Gasteiger partial charge in [-0.1, -0.05) is 36.4 Å². The molecule has 23 heavy (non-hydrogen) atoms. The Morgan fingerprint density at radius 2 is 1.87 bits per heavy atom. The Morgan fingerprint density at radius 3 is 2.61 bits per heavy atom. The summed E-state index contributed by atoms with van der Waals surface area (Å²) in [5.74, 6) is 0.703. The van der Waals surface area contributed by atoms with Gasteiger partial charge in [0.1, 0.15) is 5.75 Å². The molecule has 0 aliphatic heterocycles. The summed E-state index contributed by atoms with van der Waals surface area (Å²) in [6.45, 7) is 5.01. The van der Waals surface area contributed by atoms with Gasteiger partial charge in [0.2, 0.25) is 5.91 Å². The van der Waals surface area contributed by atoms with Crippen LogP contribution < -0.4 is 15.4 Å². The van der Waals surface area contributed by atoms with Crippen molar-refractivity contribution in [1.29, 1.82) is 0 Å². The van der Waals surface area contributed by atoms with Gasteiger partial charge >= 0.3 is 0 Å². The van der Waals surface area contributed by atoms with Crippen LogP contribution in [0.3, 0.4) is 0 Å². The predicted molar refractivity (Wildman–Crippen MR) is 93.9 cm³/mol. The van der Waals surface area contributed by atoms with Crippen molar-refractivity contribution in [1.82, 2.24) is 5.32 Å². The van der Waals surface area contributed by atoms with E-state index in [1.165, 1.54) is 5.56 Å². The van der Waals surface area contributed by atoms with Gasteiger partial charge in [0.25, 0.3) is 0 Å². The maximum absolute atomic E-state index is 11.9. The number of rotatable bonds is 8. The van der Waals surface area contributed by atoms with Gasteiger partial charge in [-0.05, 0) is 44.5 Å². The molecule has 0 fully saturated rings. The molecule has 1 amide bonds. The van der Waals surface area contributed by atoms with Crippen molar-refractivity contribution in [2.45, 2.75) is 26.4 Å². The molecule has 2 aromatic rings. The van der Waals surface area contributed by atoms with E-state index in [1.54, 1.807) is 0 Å². The molecule has 0 saturated heterocycles. The molecule has 0 unspecified atom stereocenters. The average molecular weight is 312 g/mol. The molecule has 2 rings (SSSR count). The van der Waals surface area contributed by atoms with Crippen molar-refractivity contribution >= 4 is 11.6 Å². The van der Waals surface area contributed by atoms with Gasteiger partial charge in [0.05, 0.1) is 12.6 Å². The van der Waals surface area contributed by atoms with Crippen molar-refractivity contribution in [3.8, 4) is 5.75 Å². The highest BCUT2D eigenvalue weighted by molar-refractivity contribution is 5.92. The smallest absolute Gasteiger partial charge is 0.238 e. The van der Waals surface area contributed by atoms with Crippen molar-refractivity contribution in [3.63, 3.8) is 0 Å². The molecular weight excluding hydrogens is 288 g/mol. The fourth-order valence-corrected chi connectivity index (χ4v) is 2.20. The second kappa shape index (κ2) is 8.96. The van der Waals surface area contributed by atoms with E-state index >= 15 is 0 Å². The van der Waals surface area contributed by atoms with Gasteiger partial charge in [-0.25, -0.2) is 0 Å². The van der Waals surface area contributed by atoms with Gasteiger partial charge in [-0.2, -0.15) is 0 Å². The van der Waals surface area contributed by atoms with Crippen LogP contribution in [0.4, 0.5) is 5.69 Å². The molecule has 2 N–H and O–H groups in total. The Morgan fingerprint density at radius 1 is 1.09 bits per heavy atom. The van der Waals surface area contributed by atoms with Crippen molar-refractivity contribution in [3.05, 3.63) is 60.2 Å². The van der Waals surface area contributed by atoms with Crippen LogP contribution in [-0.4, -0.2) is 25.1 Å². The topological polar surface area (TPSA) is 50.4 Å². The maximum Gasteiger partial charge on any atom is 0.238 e. The fraction of sp³-hybridized carbons (Fsp3) is 0.316. The molecule has 0 aliphatic rings. The second-order valence-electron chi connectivity index (χ2n) is 5.65. The molecule has 4 nitrogen and oxygen atoms in total. The first-order valence-electron chi connectivity index (χ1n) is 7.94. The van der Waals surface area contributed by atoms with Crippen LogP contribution >= 0.6 is 0 Å². The zero-order chi connectivity index (χ0) is 16.5. The van der Waals surface area contributed by atoms with Crippen molar-refractivity contribution < 1.29 is 9.53 Å². The van der Waals surface area contributed by atoms with E-state index in [1.807, 2.05) is 56.3 Å². The van der Waals surface area contributed by atoms with E-state index in [4.69, 9.17) is 4.74 Å². The summed E-state index contributed by atoms with van der Waals surface area (Å²) in [5.41, 5.74) is 2.01. The third-order valence-corrected chi connectivity index (χ3v) is 3.21. The lowest BCUT2D eigenvalue weighted by molar-refractivity contribution is -0.115. The number of amides is 1. The third-order valence-electron chi connectivity index (χ3n) is 3.21.